The molecule has 1 aromatic carbocycles. The van der Waals surface area contributed by atoms with Gasteiger partial charge in [0.1, 0.15) is 6.61 Å². The summed E-state index contributed by atoms with van der Waals surface area (Å²) in [5.74, 6) is 2.23. The van der Waals surface area contributed by atoms with Crippen molar-refractivity contribution in [3.63, 3.8) is 0 Å². The highest BCUT2D eigenvalue weighted by atomic mass is 79.9. The van der Waals surface area contributed by atoms with E-state index in [0.29, 0.717) is 29.7 Å². The molecule has 20 heavy (non-hydrogen) atoms. The predicted molar refractivity (Wildman–Crippen MR) is 85.5 cm³/mol. The molecule has 108 valence electrons. The van der Waals surface area contributed by atoms with E-state index in [1.807, 2.05) is 23.6 Å². The van der Waals surface area contributed by atoms with Crippen LogP contribution in [0.2, 0.25) is 0 Å². The first-order valence-electron chi connectivity index (χ1n) is 5.84. The summed E-state index contributed by atoms with van der Waals surface area (Å²) in [4.78, 5) is 1.11. The zero-order valence-corrected chi connectivity index (χ0v) is 14.3. The molecule has 0 atom stereocenters. The second-order valence-electron chi connectivity index (χ2n) is 3.98. The number of thiophene rings is 1. The summed E-state index contributed by atoms with van der Waals surface area (Å²) < 4.78 is 17.6. The Morgan fingerprint density at radius 3 is 2.25 bits per heavy atom. The van der Waals surface area contributed by atoms with Crippen molar-refractivity contribution in [2.24, 2.45) is 0 Å². The molecule has 1 aromatic heterocycles. The highest BCUT2D eigenvalue weighted by molar-refractivity contribution is 9.10. The second kappa shape index (κ2) is 7.20. The van der Waals surface area contributed by atoms with Crippen LogP contribution in [-0.4, -0.2) is 14.2 Å². The molecule has 0 amide bonds. The first kappa shape index (κ1) is 15.5. The maximum Gasteiger partial charge on any atom is 0.203 e. The largest absolute Gasteiger partial charge is 0.493 e. The summed E-state index contributed by atoms with van der Waals surface area (Å²) in [6.07, 6.45) is 0. The van der Waals surface area contributed by atoms with Crippen LogP contribution in [0.15, 0.2) is 28.1 Å². The Bertz CT molecular complexity index is 561. The molecule has 0 spiro atoms. The Labute approximate surface area is 135 Å². The van der Waals surface area contributed by atoms with Crippen LogP contribution in [0.25, 0.3) is 0 Å². The molecule has 0 saturated carbocycles. The molecule has 1 heterocycles. The van der Waals surface area contributed by atoms with Crippen LogP contribution >= 0.6 is 38.9 Å². The van der Waals surface area contributed by atoms with Crippen LogP contribution in [0.4, 0.5) is 0 Å². The third kappa shape index (κ3) is 3.59. The van der Waals surface area contributed by atoms with E-state index < -0.39 is 0 Å². The molecular formula is C14H14BrClO3S. The van der Waals surface area contributed by atoms with E-state index in [2.05, 4.69) is 15.9 Å². The number of halogens is 2. The summed E-state index contributed by atoms with van der Waals surface area (Å²) in [7, 11) is 3.20. The lowest BCUT2D eigenvalue weighted by Gasteiger charge is -2.15. The molecule has 2 aromatic rings. The van der Waals surface area contributed by atoms with E-state index >= 15 is 0 Å². The topological polar surface area (TPSA) is 27.7 Å². The van der Waals surface area contributed by atoms with Gasteiger partial charge in [-0.05, 0) is 39.7 Å². The number of benzene rings is 1. The maximum atomic E-state index is 5.86. The van der Waals surface area contributed by atoms with Crippen LogP contribution in [0.3, 0.4) is 0 Å². The lowest BCUT2D eigenvalue weighted by molar-refractivity contribution is 0.268. The van der Waals surface area contributed by atoms with Gasteiger partial charge in [-0.2, -0.15) is 0 Å². The van der Waals surface area contributed by atoms with Crippen molar-refractivity contribution in [2.45, 2.75) is 12.5 Å². The van der Waals surface area contributed by atoms with Gasteiger partial charge in [-0.25, -0.2) is 0 Å². The monoisotopic (exact) mass is 376 g/mol. The van der Waals surface area contributed by atoms with Crippen molar-refractivity contribution < 1.29 is 14.2 Å². The first-order chi connectivity index (χ1) is 9.67. The number of hydrogen-bond donors (Lipinski definition) is 0. The van der Waals surface area contributed by atoms with Crippen molar-refractivity contribution in [1.29, 1.82) is 0 Å². The quantitative estimate of drug-likeness (QED) is 0.674. The zero-order chi connectivity index (χ0) is 14.5. The van der Waals surface area contributed by atoms with E-state index in [1.165, 1.54) is 0 Å². The minimum absolute atomic E-state index is 0.394. The van der Waals surface area contributed by atoms with Crippen molar-refractivity contribution in [1.82, 2.24) is 0 Å². The summed E-state index contributed by atoms with van der Waals surface area (Å²) in [5.41, 5.74) is 0.923. The van der Waals surface area contributed by atoms with Crippen molar-refractivity contribution >= 4 is 38.9 Å². The zero-order valence-electron chi connectivity index (χ0n) is 11.1. The van der Waals surface area contributed by atoms with Crippen LogP contribution in [0.5, 0.6) is 17.2 Å². The minimum Gasteiger partial charge on any atom is -0.493 e. The van der Waals surface area contributed by atoms with Crippen molar-refractivity contribution in [2.75, 3.05) is 14.2 Å². The Morgan fingerprint density at radius 2 is 1.80 bits per heavy atom. The molecule has 0 fully saturated rings. The highest BCUT2D eigenvalue weighted by Crippen LogP contribution is 2.39. The fraction of sp³-hybridized carbons (Fsp3) is 0.286. The molecule has 0 aliphatic heterocycles. The summed E-state index contributed by atoms with van der Waals surface area (Å²) >= 11 is 10.9. The van der Waals surface area contributed by atoms with E-state index in [0.717, 1.165) is 14.9 Å². The number of rotatable bonds is 6. The van der Waals surface area contributed by atoms with E-state index in [-0.39, 0.29) is 0 Å². The minimum atomic E-state index is 0.394. The number of alkyl halides is 1. The highest BCUT2D eigenvalue weighted by Gasteiger charge is 2.14. The van der Waals surface area contributed by atoms with Crippen LogP contribution in [-0.2, 0) is 12.5 Å². The molecule has 6 heteroatoms. The third-order valence-electron chi connectivity index (χ3n) is 2.66. The van der Waals surface area contributed by atoms with Gasteiger partial charge in [0.15, 0.2) is 11.5 Å². The van der Waals surface area contributed by atoms with Crippen LogP contribution in [0, 0.1) is 0 Å². The molecule has 0 radical (unpaired) electrons. The van der Waals surface area contributed by atoms with Crippen LogP contribution in [0.1, 0.15) is 10.4 Å². The van der Waals surface area contributed by atoms with Gasteiger partial charge in [0.2, 0.25) is 5.75 Å². The van der Waals surface area contributed by atoms with Crippen molar-refractivity contribution in [3.05, 3.63) is 38.5 Å². The summed E-state index contributed by atoms with van der Waals surface area (Å²) in [6, 6.07) is 5.74. The van der Waals surface area contributed by atoms with E-state index in [9.17, 15) is 0 Å². The van der Waals surface area contributed by atoms with Gasteiger partial charge in [0.25, 0.3) is 0 Å². The fourth-order valence-electron chi connectivity index (χ4n) is 1.73. The Morgan fingerprint density at radius 1 is 1.15 bits per heavy atom. The number of methoxy groups -OCH3 is 2. The summed E-state index contributed by atoms with van der Waals surface area (Å²) in [6.45, 7) is 0.462. The average molecular weight is 378 g/mol. The Hall–Kier alpha value is -0.910. The van der Waals surface area contributed by atoms with Gasteiger partial charge in [-0.15, -0.1) is 22.9 Å². The molecule has 0 aliphatic rings. The SMILES string of the molecule is COc1cc(CCl)cc(OC)c1OCc1cc(Br)cs1. The molecule has 2 rings (SSSR count). The smallest absolute Gasteiger partial charge is 0.203 e. The van der Waals surface area contributed by atoms with Crippen molar-refractivity contribution in [3.8, 4) is 17.2 Å². The summed E-state index contributed by atoms with van der Waals surface area (Å²) in [5, 5.41) is 2.02. The molecule has 0 aliphatic carbocycles. The van der Waals surface area contributed by atoms with Gasteiger partial charge < -0.3 is 14.2 Å². The van der Waals surface area contributed by atoms with Gasteiger partial charge >= 0.3 is 0 Å². The Balaban J connectivity index is 2.24. The maximum absolute atomic E-state index is 5.86. The van der Waals surface area contributed by atoms with Gasteiger partial charge in [-0.3, -0.25) is 0 Å². The normalized spacial score (nSPS) is 10.4. The Kier molecular flexibility index (Phi) is 5.57. The van der Waals surface area contributed by atoms with Gasteiger partial charge in [0, 0.05) is 20.6 Å². The average Bonchev–Trinajstić information content (AvgIpc) is 2.89. The van der Waals surface area contributed by atoms with Gasteiger partial charge in [-0.1, -0.05) is 0 Å². The standard InChI is InChI=1S/C14H14BrClO3S/c1-17-12-3-9(6-16)4-13(18-2)14(12)19-7-11-5-10(15)8-20-11/h3-5,8H,6-7H2,1-2H3. The lowest BCUT2D eigenvalue weighted by Crippen LogP contribution is -2.00. The molecule has 0 bridgehead atoms. The number of hydrogen-bond acceptors (Lipinski definition) is 4. The first-order valence-corrected chi connectivity index (χ1v) is 8.05. The third-order valence-corrected chi connectivity index (χ3v) is 4.63. The van der Waals surface area contributed by atoms with E-state index in [4.69, 9.17) is 25.8 Å². The molecule has 0 unspecified atom stereocenters. The molecule has 0 N–H and O–H groups in total. The molecule has 3 nitrogen and oxygen atoms in total. The van der Waals surface area contributed by atoms with Gasteiger partial charge in [0.05, 0.1) is 14.2 Å². The lowest BCUT2D eigenvalue weighted by atomic mass is 10.2. The molecule has 0 saturated heterocycles. The number of ether oxygens (including phenoxy) is 3. The molecular weight excluding hydrogens is 364 g/mol. The second-order valence-corrected chi connectivity index (χ2v) is 6.16. The van der Waals surface area contributed by atoms with Crippen LogP contribution < -0.4 is 14.2 Å². The van der Waals surface area contributed by atoms with E-state index in [1.54, 1.807) is 25.6 Å². The fourth-order valence-corrected chi connectivity index (χ4v) is 3.24. The predicted octanol–water partition coefficient (Wildman–Crippen LogP) is 4.85.